The Hall–Kier alpha value is -0.570. The molecule has 1 saturated carbocycles. The fourth-order valence-corrected chi connectivity index (χ4v) is 3.20. The first kappa shape index (κ1) is 10.9. The number of hydrogen-bond donors (Lipinski definition) is 1. The van der Waals surface area contributed by atoms with Gasteiger partial charge >= 0.3 is 5.97 Å². The maximum atomic E-state index is 10.9. The van der Waals surface area contributed by atoms with E-state index in [9.17, 15) is 4.79 Å². The highest BCUT2D eigenvalue weighted by atomic mass is 16.4. The number of likely N-dealkylation sites (tertiary alicyclic amines) is 1. The minimum Gasteiger partial charge on any atom is -0.481 e. The van der Waals surface area contributed by atoms with Crippen LogP contribution in [0.15, 0.2) is 0 Å². The number of rotatable bonds is 2. The lowest BCUT2D eigenvalue weighted by atomic mass is 9.84. The molecule has 1 spiro atoms. The van der Waals surface area contributed by atoms with Gasteiger partial charge in [-0.1, -0.05) is 0 Å². The first-order valence-electron chi connectivity index (χ1n) is 5.99. The Morgan fingerprint density at radius 1 is 1.47 bits per heavy atom. The summed E-state index contributed by atoms with van der Waals surface area (Å²) < 4.78 is 0. The third kappa shape index (κ3) is 2.03. The normalized spacial score (nSPS) is 36.9. The van der Waals surface area contributed by atoms with E-state index in [0.717, 1.165) is 32.4 Å². The largest absolute Gasteiger partial charge is 0.481 e. The Bertz CT molecular complexity index is 264. The molecule has 86 valence electrons. The zero-order valence-electron chi connectivity index (χ0n) is 9.70. The number of carbonyl (C=O) groups is 1. The molecule has 0 aromatic carbocycles. The third-order valence-electron chi connectivity index (χ3n) is 4.25. The topological polar surface area (TPSA) is 40.5 Å². The van der Waals surface area contributed by atoms with Crippen molar-refractivity contribution in [3.8, 4) is 0 Å². The molecule has 1 aliphatic heterocycles. The molecule has 1 N–H and O–H groups in total. The monoisotopic (exact) mass is 211 g/mol. The standard InChI is InChI=1S/C12H21NO2/c1-9(2)13-6-5-12(8-13)4-3-10(7-12)11(14)15/h9-10H,3-8H2,1-2H3,(H,14,15)/t10-,12+/m1/s1. The first-order valence-corrected chi connectivity index (χ1v) is 5.99. The highest BCUT2D eigenvalue weighted by molar-refractivity contribution is 5.70. The highest BCUT2D eigenvalue weighted by Crippen LogP contribution is 2.48. The van der Waals surface area contributed by atoms with Crippen LogP contribution in [0.1, 0.15) is 39.5 Å². The van der Waals surface area contributed by atoms with Crippen molar-refractivity contribution in [2.45, 2.75) is 45.6 Å². The van der Waals surface area contributed by atoms with E-state index in [1.165, 1.54) is 6.42 Å². The van der Waals surface area contributed by atoms with Gasteiger partial charge in [-0.05, 0) is 51.5 Å². The fourth-order valence-electron chi connectivity index (χ4n) is 3.20. The number of aliphatic carboxylic acids is 1. The van der Waals surface area contributed by atoms with Gasteiger partial charge in [0.25, 0.3) is 0 Å². The Kier molecular flexibility index (Phi) is 2.75. The average Bonchev–Trinajstić information content (AvgIpc) is 2.74. The number of nitrogens with zero attached hydrogens (tertiary/aromatic N) is 1. The number of carboxylic acid groups (broad SMARTS) is 1. The van der Waals surface area contributed by atoms with Gasteiger partial charge in [-0.3, -0.25) is 4.79 Å². The van der Waals surface area contributed by atoms with Crippen molar-refractivity contribution >= 4 is 5.97 Å². The van der Waals surface area contributed by atoms with Crippen LogP contribution in [0.4, 0.5) is 0 Å². The van der Waals surface area contributed by atoms with Gasteiger partial charge < -0.3 is 10.0 Å². The minimum absolute atomic E-state index is 0.0721. The molecule has 3 heteroatoms. The molecule has 1 saturated heterocycles. The van der Waals surface area contributed by atoms with Crippen LogP contribution < -0.4 is 0 Å². The maximum absolute atomic E-state index is 10.9. The van der Waals surface area contributed by atoms with Crippen molar-refractivity contribution in [1.82, 2.24) is 4.90 Å². The van der Waals surface area contributed by atoms with E-state index >= 15 is 0 Å². The molecule has 15 heavy (non-hydrogen) atoms. The summed E-state index contributed by atoms with van der Waals surface area (Å²) >= 11 is 0. The van der Waals surface area contributed by atoms with E-state index in [2.05, 4.69) is 18.7 Å². The summed E-state index contributed by atoms with van der Waals surface area (Å²) in [6.07, 6.45) is 4.12. The molecular formula is C12H21NO2. The Labute approximate surface area is 91.5 Å². The zero-order chi connectivity index (χ0) is 11.1. The van der Waals surface area contributed by atoms with Gasteiger partial charge in [-0.2, -0.15) is 0 Å². The minimum atomic E-state index is -0.588. The number of hydrogen-bond acceptors (Lipinski definition) is 2. The van der Waals surface area contributed by atoms with E-state index in [-0.39, 0.29) is 5.92 Å². The molecule has 0 bridgehead atoms. The smallest absolute Gasteiger partial charge is 0.306 e. The second kappa shape index (κ2) is 3.78. The quantitative estimate of drug-likeness (QED) is 0.759. The van der Waals surface area contributed by atoms with Gasteiger partial charge in [-0.15, -0.1) is 0 Å². The highest BCUT2D eigenvalue weighted by Gasteiger charge is 2.46. The number of carboxylic acids is 1. The summed E-state index contributed by atoms with van der Waals surface area (Å²) in [5.41, 5.74) is 0.341. The second-order valence-electron chi connectivity index (χ2n) is 5.59. The molecule has 3 nitrogen and oxygen atoms in total. The molecule has 2 atom stereocenters. The van der Waals surface area contributed by atoms with E-state index in [4.69, 9.17) is 5.11 Å². The van der Waals surface area contributed by atoms with Crippen molar-refractivity contribution in [3.63, 3.8) is 0 Å². The van der Waals surface area contributed by atoms with Crippen LogP contribution in [0.5, 0.6) is 0 Å². The Morgan fingerprint density at radius 2 is 2.20 bits per heavy atom. The lowest BCUT2D eigenvalue weighted by molar-refractivity contribution is -0.141. The van der Waals surface area contributed by atoms with Gasteiger partial charge in [0.15, 0.2) is 0 Å². The van der Waals surface area contributed by atoms with Crippen molar-refractivity contribution in [2.75, 3.05) is 13.1 Å². The summed E-state index contributed by atoms with van der Waals surface area (Å²) in [6, 6.07) is 0.605. The summed E-state index contributed by atoms with van der Waals surface area (Å²) in [5, 5.41) is 9.02. The van der Waals surface area contributed by atoms with Gasteiger partial charge in [0.2, 0.25) is 0 Å². The van der Waals surface area contributed by atoms with E-state index in [0.29, 0.717) is 11.5 Å². The lowest BCUT2D eigenvalue weighted by Gasteiger charge is -2.26. The molecule has 0 amide bonds. The van der Waals surface area contributed by atoms with Crippen LogP contribution in [0.25, 0.3) is 0 Å². The summed E-state index contributed by atoms with van der Waals surface area (Å²) in [4.78, 5) is 13.4. The van der Waals surface area contributed by atoms with E-state index in [1.54, 1.807) is 0 Å². The van der Waals surface area contributed by atoms with Gasteiger partial charge in [-0.25, -0.2) is 0 Å². The fraction of sp³-hybridized carbons (Fsp3) is 0.917. The van der Waals surface area contributed by atoms with Crippen molar-refractivity contribution in [2.24, 2.45) is 11.3 Å². The summed E-state index contributed by atoms with van der Waals surface area (Å²) in [7, 11) is 0. The molecule has 2 aliphatic rings. The second-order valence-corrected chi connectivity index (χ2v) is 5.59. The molecule has 0 radical (unpaired) electrons. The van der Waals surface area contributed by atoms with Crippen LogP contribution in [0, 0.1) is 11.3 Å². The van der Waals surface area contributed by atoms with Gasteiger partial charge in [0, 0.05) is 12.6 Å². The van der Waals surface area contributed by atoms with Crippen molar-refractivity contribution in [1.29, 1.82) is 0 Å². The maximum Gasteiger partial charge on any atom is 0.306 e. The Morgan fingerprint density at radius 3 is 2.67 bits per heavy atom. The molecule has 0 aromatic heterocycles. The predicted molar refractivity (Wildman–Crippen MR) is 58.7 cm³/mol. The van der Waals surface area contributed by atoms with Crippen LogP contribution in [0.2, 0.25) is 0 Å². The molecular weight excluding hydrogens is 190 g/mol. The molecule has 0 aromatic rings. The molecule has 2 fully saturated rings. The third-order valence-corrected chi connectivity index (χ3v) is 4.25. The summed E-state index contributed by atoms with van der Waals surface area (Å²) in [6.45, 7) is 6.73. The molecule has 0 unspecified atom stereocenters. The van der Waals surface area contributed by atoms with Crippen LogP contribution in [-0.4, -0.2) is 35.1 Å². The van der Waals surface area contributed by atoms with E-state index < -0.39 is 5.97 Å². The van der Waals surface area contributed by atoms with Gasteiger partial charge in [0.1, 0.15) is 0 Å². The van der Waals surface area contributed by atoms with Crippen LogP contribution >= 0.6 is 0 Å². The molecule has 1 aliphatic carbocycles. The van der Waals surface area contributed by atoms with Gasteiger partial charge in [0.05, 0.1) is 5.92 Å². The lowest BCUT2D eigenvalue weighted by Crippen LogP contribution is -2.31. The molecule has 2 rings (SSSR count). The summed E-state index contributed by atoms with van der Waals surface area (Å²) in [5.74, 6) is -0.660. The van der Waals surface area contributed by atoms with Crippen molar-refractivity contribution < 1.29 is 9.90 Å². The molecule has 1 heterocycles. The Balaban J connectivity index is 1.98. The predicted octanol–water partition coefficient (Wildman–Crippen LogP) is 1.97. The zero-order valence-corrected chi connectivity index (χ0v) is 9.70. The van der Waals surface area contributed by atoms with Crippen LogP contribution in [0.3, 0.4) is 0 Å². The van der Waals surface area contributed by atoms with Crippen LogP contribution in [-0.2, 0) is 4.79 Å². The van der Waals surface area contributed by atoms with Crippen molar-refractivity contribution in [3.05, 3.63) is 0 Å². The van der Waals surface area contributed by atoms with E-state index in [1.807, 2.05) is 0 Å². The average molecular weight is 211 g/mol. The first-order chi connectivity index (χ1) is 7.02. The SMILES string of the molecule is CC(C)N1CC[C@]2(CC[C@@H](C(=O)O)C2)C1.